The molecule has 1 aromatic heterocycles. The molecule has 5 heteroatoms. The number of amides is 1. The molecule has 1 aliphatic rings. The molecular weight excluding hydrogens is 242 g/mol. The van der Waals surface area contributed by atoms with Crippen LogP contribution >= 0.6 is 0 Å². The van der Waals surface area contributed by atoms with Crippen LogP contribution in [0.2, 0.25) is 0 Å². The van der Waals surface area contributed by atoms with Crippen molar-refractivity contribution >= 4 is 11.6 Å². The number of anilines is 1. The molecule has 0 spiro atoms. The van der Waals surface area contributed by atoms with Gasteiger partial charge in [0, 0.05) is 12.2 Å². The molecule has 1 saturated carbocycles. The first kappa shape index (κ1) is 13.9. The highest BCUT2D eigenvalue weighted by molar-refractivity contribution is 5.94. The Labute approximate surface area is 113 Å². The number of nitrogens with zero attached hydrogens (tertiary/aromatic N) is 1. The Hall–Kier alpha value is -1.49. The number of rotatable bonds is 4. The number of carbonyl (C=O) groups is 1. The fourth-order valence-electron chi connectivity index (χ4n) is 2.79. The number of aliphatic hydroxyl groups excluding tert-OH is 1. The first-order valence-electron chi connectivity index (χ1n) is 6.88. The fourth-order valence-corrected chi connectivity index (χ4v) is 2.79. The number of aromatic nitrogens is 1. The Morgan fingerprint density at radius 3 is 2.68 bits per heavy atom. The van der Waals surface area contributed by atoms with Gasteiger partial charge in [-0.2, -0.15) is 0 Å². The Morgan fingerprint density at radius 1 is 1.53 bits per heavy atom. The molecule has 4 N–H and O–H groups in total. The zero-order chi connectivity index (χ0) is 14.0. The van der Waals surface area contributed by atoms with Crippen molar-refractivity contribution in [3.05, 3.63) is 18.0 Å². The maximum absolute atomic E-state index is 12.4. The maximum atomic E-state index is 12.4. The van der Waals surface area contributed by atoms with Crippen LogP contribution in [0.25, 0.3) is 0 Å². The second kappa shape index (κ2) is 5.25. The number of nitrogen functional groups attached to an aromatic ring is 1. The molecule has 0 atom stereocenters. The predicted octanol–water partition coefficient (Wildman–Crippen LogP) is 1.69. The quantitative estimate of drug-likeness (QED) is 0.775. The van der Waals surface area contributed by atoms with Gasteiger partial charge >= 0.3 is 0 Å². The van der Waals surface area contributed by atoms with Crippen molar-refractivity contribution in [2.24, 2.45) is 0 Å². The van der Waals surface area contributed by atoms with E-state index < -0.39 is 5.54 Å². The van der Waals surface area contributed by atoms with Crippen LogP contribution in [0, 0.1) is 0 Å². The number of nitrogens with two attached hydrogens (primary N) is 1. The number of hydrogen-bond donors (Lipinski definition) is 3. The number of aliphatic hydroxyl groups is 1. The van der Waals surface area contributed by atoms with Gasteiger partial charge < -0.3 is 20.7 Å². The summed E-state index contributed by atoms with van der Waals surface area (Å²) in [6.07, 6.45) is 5.56. The summed E-state index contributed by atoms with van der Waals surface area (Å²) in [5.74, 6) is -0.152. The molecular formula is C14H23N3O2. The third-order valence-corrected chi connectivity index (χ3v) is 3.90. The van der Waals surface area contributed by atoms with E-state index in [9.17, 15) is 9.90 Å². The highest BCUT2D eigenvalue weighted by Gasteiger charge is 2.35. The molecule has 0 unspecified atom stereocenters. The second-order valence-electron chi connectivity index (χ2n) is 5.76. The van der Waals surface area contributed by atoms with E-state index in [1.54, 1.807) is 12.3 Å². The third kappa shape index (κ3) is 2.76. The van der Waals surface area contributed by atoms with Crippen LogP contribution in [0.5, 0.6) is 0 Å². The number of nitrogens with one attached hydrogen (secondary N) is 1. The van der Waals surface area contributed by atoms with E-state index >= 15 is 0 Å². The van der Waals surface area contributed by atoms with Crippen LogP contribution in [0.1, 0.15) is 56.1 Å². The molecule has 1 aromatic rings. The molecule has 0 bridgehead atoms. The predicted molar refractivity (Wildman–Crippen MR) is 75.0 cm³/mol. The third-order valence-electron chi connectivity index (χ3n) is 3.90. The average molecular weight is 265 g/mol. The molecule has 1 amide bonds. The Morgan fingerprint density at radius 2 is 2.16 bits per heavy atom. The molecule has 0 saturated heterocycles. The van der Waals surface area contributed by atoms with E-state index in [-0.39, 0.29) is 18.6 Å². The summed E-state index contributed by atoms with van der Waals surface area (Å²) in [6.45, 7) is 4.01. The normalized spacial score (nSPS) is 17.9. The van der Waals surface area contributed by atoms with Crippen molar-refractivity contribution in [3.63, 3.8) is 0 Å². The molecule has 106 valence electrons. The van der Waals surface area contributed by atoms with Gasteiger partial charge in [-0.3, -0.25) is 4.79 Å². The zero-order valence-corrected chi connectivity index (χ0v) is 11.6. The van der Waals surface area contributed by atoms with Gasteiger partial charge in [-0.1, -0.05) is 12.8 Å². The SMILES string of the molecule is CC(C)n1cc(N)cc1C(=O)NC1(CO)CCCC1. The first-order valence-corrected chi connectivity index (χ1v) is 6.88. The lowest BCUT2D eigenvalue weighted by Gasteiger charge is -2.28. The van der Waals surface area contributed by atoms with Crippen molar-refractivity contribution < 1.29 is 9.90 Å². The fraction of sp³-hybridized carbons (Fsp3) is 0.643. The summed E-state index contributed by atoms with van der Waals surface area (Å²) < 4.78 is 1.87. The van der Waals surface area contributed by atoms with Crippen molar-refractivity contribution in [2.75, 3.05) is 12.3 Å². The lowest BCUT2D eigenvalue weighted by Crippen LogP contribution is -2.49. The van der Waals surface area contributed by atoms with E-state index in [0.717, 1.165) is 25.7 Å². The van der Waals surface area contributed by atoms with Gasteiger partial charge in [0.05, 0.1) is 17.8 Å². The Bertz CT molecular complexity index is 459. The number of hydrogen-bond acceptors (Lipinski definition) is 3. The molecule has 0 aliphatic heterocycles. The second-order valence-corrected chi connectivity index (χ2v) is 5.76. The van der Waals surface area contributed by atoms with Crippen molar-refractivity contribution in [3.8, 4) is 0 Å². The maximum Gasteiger partial charge on any atom is 0.268 e. The number of carbonyl (C=O) groups excluding carboxylic acids is 1. The topological polar surface area (TPSA) is 80.3 Å². The molecule has 0 aromatic carbocycles. The van der Waals surface area contributed by atoms with Crippen LogP contribution in [-0.2, 0) is 0 Å². The van der Waals surface area contributed by atoms with E-state index in [0.29, 0.717) is 11.4 Å². The van der Waals surface area contributed by atoms with Gasteiger partial charge in [0.1, 0.15) is 5.69 Å². The highest BCUT2D eigenvalue weighted by Crippen LogP contribution is 2.29. The summed E-state index contributed by atoms with van der Waals surface area (Å²) >= 11 is 0. The van der Waals surface area contributed by atoms with E-state index in [4.69, 9.17) is 5.73 Å². The molecule has 1 heterocycles. The smallest absolute Gasteiger partial charge is 0.268 e. The minimum Gasteiger partial charge on any atom is -0.397 e. The summed E-state index contributed by atoms with van der Waals surface area (Å²) in [5, 5.41) is 12.6. The minimum absolute atomic E-state index is 0.00336. The lowest BCUT2D eigenvalue weighted by atomic mass is 9.98. The summed E-state index contributed by atoms with van der Waals surface area (Å²) in [4.78, 5) is 12.4. The van der Waals surface area contributed by atoms with Crippen molar-refractivity contribution in [2.45, 2.75) is 51.1 Å². The largest absolute Gasteiger partial charge is 0.397 e. The molecule has 1 aliphatic carbocycles. The highest BCUT2D eigenvalue weighted by atomic mass is 16.3. The van der Waals surface area contributed by atoms with Gasteiger partial charge in [-0.15, -0.1) is 0 Å². The molecule has 1 fully saturated rings. The first-order chi connectivity index (χ1) is 8.97. The van der Waals surface area contributed by atoms with Crippen LogP contribution in [0.4, 0.5) is 5.69 Å². The van der Waals surface area contributed by atoms with E-state index in [2.05, 4.69) is 5.32 Å². The van der Waals surface area contributed by atoms with Crippen LogP contribution < -0.4 is 11.1 Å². The molecule has 19 heavy (non-hydrogen) atoms. The Balaban J connectivity index is 2.20. The van der Waals surface area contributed by atoms with Gasteiger partial charge in [0.2, 0.25) is 0 Å². The lowest BCUT2D eigenvalue weighted by molar-refractivity contribution is 0.0827. The summed E-state index contributed by atoms with van der Waals surface area (Å²) in [5.41, 5.74) is 6.48. The Kier molecular flexibility index (Phi) is 3.85. The summed E-state index contributed by atoms with van der Waals surface area (Å²) in [7, 11) is 0. The minimum atomic E-state index is -0.447. The van der Waals surface area contributed by atoms with Gasteiger partial charge in [-0.25, -0.2) is 0 Å². The molecule has 5 nitrogen and oxygen atoms in total. The molecule has 0 radical (unpaired) electrons. The van der Waals surface area contributed by atoms with Gasteiger partial charge in [-0.05, 0) is 32.8 Å². The zero-order valence-electron chi connectivity index (χ0n) is 11.6. The van der Waals surface area contributed by atoms with Crippen LogP contribution in [0.15, 0.2) is 12.3 Å². The van der Waals surface area contributed by atoms with Crippen LogP contribution in [-0.4, -0.2) is 27.7 Å². The average Bonchev–Trinajstić information content (AvgIpc) is 2.96. The monoisotopic (exact) mass is 265 g/mol. The standard InChI is InChI=1S/C14H23N3O2/c1-10(2)17-8-11(15)7-12(17)13(19)16-14(9-18)5-3-4-6-14/h7-8,10,18H,3-6,9,15H2,1-2H3,(H,16,19). The molecule has 2 rings (SSSR count). The van der Waals surface area contributed by atoms with Crippen LogP contribution in [0.3, 0.4) is 0 Å². The summed E-state index contributed by atoms with van der Waals surface area (Å²) in [6, 6.07) is 1.86. The van der Waals surface area contributed by atoms with E-state index in [1.807, 2.05) is 18.4 Å². The van der Waals surface area contributed by atoms with Gasteiger partial charge in [0.15, 0.2) is 0 Å². The van der Waals surface area contributed by atoms with Crippen molar-refractivity contribution in [1.29, 1.82) is 0 Å². The van der Waals surface area contributed by atoms with Crippen molar-refractivity contribution in [1.82, 2.24) is 9.88 Å². The van der Waals surface area contributed by atoms with E-state index in [1.165, 1.54) is 0 Å². The van der Waals surface area contributed by atoms with Gasteiger partial charge in [0.25, 0.3) is 5.91 Å².